The monoisotopic (exact) mass is 167 g/mol. The molecule has 3 N–H and O–H groups in total. The van der Waals surface area contributed by atoms with E-state index in [2.05, 4.69) is 5.32 Å². The predicted molar refractivity (Wildman–Crippen MR) is 51.3 cm³/mol. The summed E-state index contributed by atoms with van der Waals surface area (Å²) in [6, 6.07) is 8.66. The summed E-state index contributed by atoms with van der Waals surface area (Å²) in [4.78, 5) is 0. The van der Waals surface area contributed by atoms with Gasteiger partial charge in [-0.2, -0.15) is 0 Å². The molecular weight excluding hydrogens is 153 g/mol. The Balaban J connectivity index is 0.000000354. The van der Waals surface area contributed by atoms with Crippen LogP contribution in [0.2, 0.25) is 0 Å². The minimum Gasteiger partial charge on any atom is -0.423 e. The fourth-order valence-corrected chi connectivity index (χ4v) is 0.625. The van der Waals surface area contributed by atoms with Crippen molar-refractivity contribution in [3.8, 4) is 0 Å². The van der Waals surface area contributed by atoms with Gasteiger partial charge in [0.05, 0.1) is 0 Å². The molecule has 0 unspecified atom stereocenters. The van der Waals surface area contributed by atoms with Crippen LogP contribution in [0, 0.1) is 0 Å². The molecule has 66 valence electrons. The first-order chi connectivity index (χ1) is 5.72. The molecule has 3 nitrogen and oxygen atoms in total. The number of hydrogen-bond acceptors (Lipinski definition) is 3. The van der Waals surface area contributed by atoms with Crippen molar-refractivity contribution < 1.29 is 10.0 Å². The Morgan fingerprint density at radius 3 is 1.75 bits per heavy atom. The van der Waals surface area contributed by atoms with Crippen LogP contribution < -0.4 is 10.8 Å². The van der Waals surface area contributed by atoms with Crippen LogP contribution >= 0.6 is 0 Å². The van der Waals surface area contributed by atoms with E-state index in [9.17, 15) is 0 Å². The van der Waals surface area contributed by atoms with Gasteiger partial charge in [0.15, 0.2) is 0 Å². The van der Waals surface area contributed by atoms with Gasteiger partial charge in [0.1, 0.15) is 0 Å². The molecule has 0 atom stereocenters. The summed E-state index contributed by atoms with van der Waals surface area (Å²) >= 11 is 0. The van der Waals surface area contributed by atoms with Crippen molar-refractivity contribution in [3.63, 3.8) is 0 Å². The van der Waals surface area contributed by atoms with E-state index in [1.807, 2.05) is 20.2 Å². The number of nitrogens with one attached hydrogen (secondary N) is 1. The second-order valence-corrected chi connectivity index (χ2v) is 2.28. The maximum absolute atomic E-state index is 8.58. The first-order valence-electron chi connectivity index (χ1n) is 3.72. The van der Waals surface area contributed by atoms with Gasteiger partial charge in [-0.3, -0.25) is 0 Å². The van der Waals surface area contributed by atoms with E-state index in [0.29, 0.717) is 5.46 Å². The van der Waals surface area contributed by atoms with Gasteiger partial charge in [0, 0.05) is 0 Å². The fraction of sp³-hybridized carbons (Fsp3) is 0.250. The van der Waals surface area contributed by atoms with Crippen molar-refractivity contribution >= 4 is 12.6 Å². The average Bonchev–Trinajstić information content (AvgIpc) is 2.07. The Morgan fingerprint density at radius 2 is 1.50 bits per heavy atom. The van der Waals surface area contributed by atoms with Crippen LogP contribution in [-0.2, 0) is 0 Å². The number of rotatable bonds is 1. The molecule has 0 aliphatic rings. The molecule has 0 fully saturated rings. The van der Waals surface area contributed by atoms with E-state index in [1.54, 1.807) is 24.3 Å². The molecule has 1 rings (SSSR count). The molecule has 0 saturated heterocycles. The van der Waals surface area contributed by atoms with Crippen LogP contribution in [0.5, 0.6) is 0 Å². The van der Waals surface area contributed by atoms with Gasteiger partial charge in [-0.1, -0.05) is 30.3 Å². The lowest BCUT2D eigenvalue weighted by Crippen LogP contribution is -2.29. The predicted octanol–water partition coefficient (Wildman–Crippen LogP) is -0.798. The van der Waals surface area contributed by atoms with E-state index in [0.717, 1.165) is 0 Å². The van der Waals surface area contributed by atoms with Gasteiger partial charge >= 0.3 is 7.12 Å². The Labute approximate surface area is 73.2 Å². The summed E-state index contributed by atoms with van der Waals surface area (Å²) in [5, 5.41) is 19.9. The molecule has 0 spiro atoms. The van der Waals surface area contributed by atoms with E-state index in [4.69, 9.17) is 10.0 Å². The lowest BCUT2D eigenvalue weighted by Gasteiger charge is -1.94. The molecule has 0 aromatic heterocycles. The van der Waals surface area contributed by atoms with Crippen LogP contribution in [0.3, 0.4) is 0 Å². The molecule has 12 heavy (non-hydrogen) atoms. The maximum Gasteiger partial charge on any atom is 0.488 e. The summed E-state index contributed by atoms with van der Waals surface area (Å²) < 4.78 is 0. The van der Waals surface area contributed by atoms with Gasteiger partial charge in [0.25, 0.3) is 0 Å². The zero-order valence-corrected chi connectivity index (χ0v) is 7.36. The van der Waals surface area contributed by atoms with Crippen LogP contribution in [0.1, 0.15) is 0 Å². The summed E-state index contributed by atoms with van der Waals surface area (Å²) in [6.07, 6.45) is 0. The smallest absolute Gasteiger partial charge is 0.423 e. The zero-order valence-electron chi connectivity index (χ0n) is 7.36. The molecule has 0 radical (unpaired) electrons. The molecule has 0 amide bonds. The van der Waals surface area contributed by atoms with Crippen LogP contribution in [0.4, 0.5) is 0 Å². The van der Waals surface area contributed by atoms with Crippen LogP contribution in [-0.4, -0.2) is 31.3 Å². The highest BCUT2D eigenvalue weighted by Gasteiger charge is 2.07. The Morgan fingerprint density at radius 1 is 1.08 bits per heavy atom. The van der Waals surface area contributed by atoms with Crippen molar-refractivity contribution in [2.45, 2.75) is 0 Å². The van der Waals surface area contributed by atoms with Crippen LogP contribution in [0.25, 0.3) is 0 Å². The number of benzene rings is 1. The van der Waals surface area contributed by atoms with Crippen molar-refractivity contribution in [1.29, 1.82) is 0 Å². The Hall–Kier alpha value is -0.835. The standard InChI is InChI=1S/C6H7BO2.C2H7N/c8-7(9)6-4-2-1-3-5-6;1-3-2/h1-5,8-9H;3H,1-2H3. The third-order valence-electron chi connectivity index (χ3n) is 1.10. The van der Waals surface area contributed by atoms with E-state index in [1.165, 1.54) is 0 Å². The Bertz CT molecular complexity index is 192. The summed E-state index contributed by atoms with van der Waals surface area (Å²) in [5.74, 6) is 0. The largest absolute Gasteiger partial charge is 0.488 e. The van der Waals surface area contributed by atoms with E-state index >= 15 is 0 Å². The molecule has 0 aliphatic heterocycles. The first-order valence-corrected chi connectivity index (χ1v) is 3.72. The first kappa shape index (κ1) is 11.2. The molecule has 0 heterocycles. The SMILES string of the molecule is CNC.OB(O)c1ccccc1. The highest BCUT2D eigenvalue weighted by Crippen LogP contribution is 1.82. The van der Waals surface area contributed by atoms with Crippen molar-refractivity contribution in [3.05, 3.63) is 30.3 Å². The summed E-state index contributed by atoms with van der Waals surface area (Å²) in [5.41, 5.74) is 0.525. The lowest BCUT2D eigenvalue weighted by atomic mass is 9.81. The molecule has 4 heteroatoms. The highest BCUT2D eigenvalue weighted by molar-refractivity contribution is 6.58. The number of hydrogen-bond donors (Lipinski definition) is 3. The molecule has 0 bridgehead atoms. The van der Waals surface area contributed by atoms with Crippen molar-refractivity contribution in [2.75, 3.05) is 14.1 Å². The van der Waals surface area contributed by atoms with Crippen molar-refractivity contribution in [1.82, 2.24) is 5.32 Å². The Kier molecular flexibility index (Phi) is 6.37. The average molecular weight is 167 g/mol. The van der Waals surface area contributed by atoms with Gasteiger partial charge in [-0.05, 0) is 19.6 Å². The van der Waals surface area contributed by atoms with E-state index in [-0.39, 0.29) is 0 Å². The minimum absolute atomic E-state index is 0.525. The van der Waals surface area contributed by atoms with Gasteiger partial charge in [0.2, 0.25) is 0 Å². The third kappa shape index (κ3) is 4.90. The van der Waals surface area contributed by atoms with Gasteiger partial charge in [-0.15, -0.1) is 0 Å². The quantitative estimate of drug-likeness (QED) is 0.480. The molecule has 0 aliphatic carbocycles. The molecule has 0 saturated carbocycles. The van der Waals surface area contributed by atoms with Crippen LogP contribution in [0.15, 0.2) is 30.3 Å². The summed E-state index contributed by atoms with van der Waals surface area (Å²) in [6.45, 7) is 0. The zero-order chi connectivity index (χ0) is 9.40. The third-order valence-corrected chi connectivity index (χ3v) is 1.10. The minimum atomic E-state index is -1.34. The van der Waals surface area contributed by atoms with Gasteiger partial charge < -0.3 is 15.4 Å². The second-order valence-electron chi connectivity index (χ2n) is 2.28. The topological polar surface area (TPSA) is 52.5 Å². The normalized spacial score (nSPS) is 8.33. The van der Waals surface area contributed by atoms with Gasteiger partial charge in [-0.25, -0.2) is 0 Å². The summed E-state index contributed by atoms with van der Waals surface area (Å²) in [7, 11) is 2.41. The fourth-order valence-electron chi connectivity index (χ4n) is 0.625. The van der Waals surface area contributed by atoms with Crippen molar-refractivity contribution in [2.24, 2.45) is 0 Å². The molecule has 1 aromatic carbocycles. The lowest BCUT2D eigenvalue weighted by molar-refractivity contribution is 0.426. The molecule has 1 aromatic rings. The maximum atomic E-state index is 8.58. The van der Waals surface area contributed by atoms with E-state index < -0.39 is 7.12 Å². The second kappa shape index (κ2) is 6.85. The highest BCUT2D eigenvalue weighted by atomic mass is 16.4. The molecular formula is C8H14BNO2.